The van der Waals surface area contributed by atoms with E-state index in [1.165, 1.54) is 6.07 Å². The summed E-state index contributed by atoms with van der Waals surface area (Å²) in [6, 6.07) is 4.17. The Labute approximate surface area is 111 Å². The van der Waals surface area contributed by atoms with Gasteiger partial charge in [0.15, 0.2) is 0 Å². The zero-order valence-electron chi connectivity index (χ0n) is 11.2. The lowest BCUT2D eigenvalue weighted by atomic mass is 10.1. The highest BCUT2D eigenvalue weighted by Crippen LogP contribution is 2.15. The number of anilines is 1. The van der Waals surface area contributed by atoms with Gasteiger partial charge in [0.25, 0.3) is 0 Å². The second-order valence-electron chi connectivity index (χ2n) is 4.29. The summed E-state index contributed by atoms with van der Waals surface area (Å²) in [6.07, 6.45) is 0. The Balaban J connectivity index is 2.65. The first-order valence-corrected chi connectivity index (χ1v) is 5.84. The average molecular weight is 266 g/mol. The predicted molar refractivity (Wildman–Crippen MR) is 71.6 cm³/mol. The molecule has 0 fully saturated rings. The van der Waals surface area contributed by atoms with E-state index in [9.17, 15) is 9.59 Å². The molecule has 104 valence electrons. The molecule has 0 saturated carbocycles. The van der Waals surface area contributed by atoms with Gasteiger partial charge in [0.1, 0.15) is 0 Å². The fourth-order valence-corrected chi connectivity index (χ4v) is 1.66. The topological polar surface area (TPSA) is 87.7 Å². The van der Waals surface area contributed by atoms with Gasteiger partial charge in [-0.1, -0.05) is 0 Å². The van der Waals surface area contributed by atoms with Crippen LogP contribution in [0.25, 0.3) is 0 Å². The molecule has 2 amide bonds. The Bertz CT molecular complexity index is 474. The number of hydrogen-bond acceptors (Lipinski definition) is 3. The van der Waals surface area contributed by atoms with Gasteiger partial charge in [0, 0.05) is 12.8 Å². The van der Waals surface area contributed by atoms with Crippen molar-refractivity contribution in [2.75, 3.05) is 19.0 Å². The molecule has 1 rings (SSSR count). The molecule has 1 atom stereocenters. The highest BCUT2D eigenvalue weighted by Gasteiger charge is 2.10. The van der Waals surface area contributed by atoms with Crippen LogP contribution in [0, 0.1) is 6.92 Å². The summed E-state index contributed by atoms with van der Waals surface area (Å²) >= 11 is 0. The van der Waals surface area contributed by atoms with E-state index in [2.05, 4.69) is 10.6 Å². The Kier molecular flexibility index (Phi) is 5.32. The summed E-state index contributed by atoms with van der Waals surface area (Å²) in [5, 5.41) is 14.2. The smallest absolute Gasteiger partial charge is 0.335 e. The lowest BCUT2D eigenvalue weighted by Gasteiger charge is -2.14. The molecule has 6 heteroatoms. The number of carbonyl (C=O) groups is 2. The first-order chi connectivity index (χ1) is 8.93. The van der Waals surface area contributed by atoms with Crippen LogP contribution in [0.1, 0.15) is 22.8 Å². The van der Waals surface area contributed by atoms with Crippen LogP contribution < -0.4 is 10.6 Å². The van der Waals surface area contributed by atoms with Crippen LogP contribution in [0.2, 0.25) is 0 Å². The molecule has 0 aliphatic rings. The Morgan fingerprint density at radius 3 is 2.63 bits per heavy atom. The Morgan fingerprint density at radius 2 is 2.11 bits per heavy atom. The monoisotopic (exact) mass is 266 g/mol. The molecular weight excluding hydrogens is 248 g/mol. The van der Waals surface area contributed by atoms with E-state index in [1.54, 1.807) is 26.2 Å². The molecule has 1 unspecified atom stereocenters. The fourth-order valence-electron chi connectivity index (χ4n) is 1.66. The van der Waals surface area contributed by atoms with E-state index < -0.39 is 5.97 Å². The summed E-state index contributed by atoms with van der Waals surface area (Å²) in [6.45, 7) is 3.92. The van der Waals surface area contributed by atoms with Gasteiger partial charge in [0.2, 0.25) is 0 Å². The van der Waals surface area contributed by atoms with Crippen molar-refractivity contribution in [1.29, 1.82) is 0 Å². The van der Waals surface area contributed by atoms with Gasteiger partial charge in [-0.2, -0.15) is 0 Å². The zero-order valence-corrected chi connectivity index (χ0v) is 11.2. The molecule has 0 aliphatic heterocycles. The van der Waals surface area contributed by atoms with Crippen molar-refractivity contribution in [1.82, 2.24) is 5.32 Å². The number of carboxylic acids is 1. The molecule has 1 aromatic rings. The highest BCUT2D eigenvalue weighted by atomic mass is 16.5. The van der Waals surface area contributed by atoms with Crippen LogP contribution in [0.3, 0.4) is 0 Å². The van der Waals surface area contributed by atoms with Crippen LogP contribution >= 0.6 is 0 Å². The largest absolute Gasteiger partial charge is 0.478 e. The SMILES string of the molecule is COCC(C)NC(=O)Nc1ccc(C(=O)O)c(C)c1. The summed E-state index contributed by atoms with van der Waals surface area (Å²) in [5.41, 5.74) is 1.36. The lowest BCUT2D eigenvalue weighted by Crippen LogP contribution is -2.38. The minimum atomic E-state index is -0.984. The molecule has 0 heterocycles. The summed E-state index contributed by atoms with van der Waals surface area (Å²) in [5.74, 6) is -0.984. The maximum Gasteiger partial charge on any atom is 0.335 e. The standard InChI is InChI=1S/C13H18N2O4/c1-8-6-10(4-5-11(8)12(16)17)15-13(18)14-9(2)7-19-3/h4-6,9H,7H2,1-3H3,(H,16,17)(H2,14,15,18). The van der Waals surface area contributed by atoms with Crippen molar-refractivity contribution in [2.24, 2.45) is 0 Å². The molecule has 1 aromatic carbocycles. The number of nitrogens with one attached hydrogen (secondary N) is 2. The molecule has 0 saturated heterocycles. The number of hydrogen-bond donors (Lipinski definition) is 3. The minimum Gasteiger partial charge on any atom is -0.478 e. The van der Waals surface area contributed by atoms with Crippen molar-refractivity contribution < 1.29 is 19.4 Å². The first-order valence-electron chi connectivity index (χ1n) is 5.84. The van der Waals surface area contributed by atoms with Crippen molar-refractivity contribution in [3.63, 3.8) is 0 Å². The van der Waals surface area contributed by atoms with Gasteiger partial charge >= 0.3 is 12.0 Å². The number of amides is 2. The van der Waals surface area contributed by atoms with Crippen LogP contribution in [0.4, 0.5) is 10.5 Å². The normalized spacial score (nSPS) is 11.7. The first kappa shape index (κ1) is 15.0. The van der Waals surface area contributed by atoms with E-state index in [0.29, 0.717) is 17.9 Å². The van der Waals surface area contributed by atoms with Crippen LogP contribution in [-0.4, -0.2) is 36.9 Å². The third-order valence-electron chi connectivity index (χ3n) is 2.51. The number of ether oxygens (including phenoxy) is 1. The number of carboxylic acid groups (broad SMARTS) is 1. The molecule has 0 aliphatic carbocycles. The fraction of sp³-hybridized carbons (Fsp3) is 0.385. The predicted octanol–water partition coefficient (Wildman–Crippen LogP) is 1.85. The maximum atomic E-state index is 11.6. The van der Waals surface area contributed by atoms with Gasteiger partial charge in [0.05, 0.1) is 18.2 Å². The van der Waals surface area contributed by atoms with Gasteiger partial charge in [-0.15, -0.1) is 0 Å². The summed E-state index contributed by atoms with van der Waals surface area (Å²) < 4.78 is 4.91. The maximum absolute atomic E-state index is 11.6. The molecule has 0 spiro atoms. The number of aromatic carboxylic acids is 1. The van der Waals surface area contributed by atoms with E-state index >= 15 is 0 Å². The zero-order chi connectivity index (χ0) is 14.4. The number of rotatable bonds is 5. The third kappa shape index (κ3) is 4.59. The second-order valence-corrected chi connectivity index (χ2v) is 4.29. The quantitative estimate of drug-likeness (QED) is 0.759. The van der Waals surface area contributed by atoms with Crippen LogP contribution in [0.15, 0.2) is 18.2 Å². The summed E-state index contributed by atoms with van der Waals surface area (Å²) in [7, 11) is 1.56. The number of benzene rings is 1. The number of aryl methyl sites for hydroxylation is 1. The van der Waals surface area contributed by atoms with Crippen molar-refractivity contribution in [3.8, 4) is 0 Å². The van der Waals surface area contributed by atoms with Crippen LogP contribution in [0.5, 0.6) is 0 Å². The van der Waals surface area contributed by atoms with Gasteiger partial charge in [-0.3, -0.25) is 0 Å². The Hall–Kier alpha value is -2.08. The number of methoxy groups -OCH3 is 1. The molecule has 0 bridgehead atoms. The van der Waals surface area contributed by atoms with E-state index in [0.717, 1.165) is 0 Å². The summed E-state index contributed by atoms with van der Waals surface area (Å²) in [4.78, 5) is 22.5. The van der Waals surface area contributed by atoms with E-state index in [-0.39, 0.29) is 17.6 Å². The minimum absolute atomic E-state index is 0.107. The van der Waals surface area contributed by atoms with Gasteiger partial charge < -0.3 is 20.5 Å². The van der Waals surface area contributed by atoms with Crippen molar-refractivity contribution >= 4 is 17.7 Å². The Morgan fingerprint density at radius 1 is 1.42 bits per heavy atom. The molecule has 19 heavy (non-hydrogen) atoms. The third-order valence-corrected chi connectivity index (χ3v) is 2.51. The molecule has 0 radical (unpaired) electrons. The highest BCUT2D eigenvalue weighted by molar-refractivity contribution is 5.92. The number of carbonyl (C=O) groups excluding carboxylic acids is 1. The van der Waals surface area contributed by atoms with Gasteiger partial charge in [-0.25, -0.2) is 9.59 Å². The van der Waals surface area contributed by atoms with Gasteiger partial charge in [-0.05, 0) is 37.6 Å². The molecule has 0 aromatic heterocycles. The van der Waals surface area contributed by atoms with Crippen molar-refractivity contribution in [3.05, 3.63) is 29.3 Å². The van der Waals surface area contributed by atoms with E-state index in [4.69, 9.17) is 9.84 Å². The molecule has 3 N–H and O–H groups in total. The lowest BCUT2D eigenvalue weighted by molar-refractivity contribution is 0.0696. The number of urea groups is 1. The second kappa shape index (κ2) is 6.75. The molecular formula is C13H18N2O4. The average Bonchev–Trinajstić information content (AvgIpc) is 2.28. The van der Waals surface area contributed by atoms with E-state index in [1.807, 2.05) is 6.92 Å². The van der Waals surface area contributed by atoms with Crippen molar-refractivity contribution in [2.45, 2.75) is 19.9 Å². The molecule has 6 nitrogen and oxygen atoms in total. The van der Waals surface area contributed by atoms with Crippen LogP contribution in [-0.2, 0) is 4.74 Å².